The van der Waals surface area contributed by atoms with Gasteiger partial charge in [0.05, 0.1) is 18.1 Å². The van der Waals surface area contributed by atoms with Crippen molar-refractivity contribution in [3.05, 3.63) is 66.4 Å². The van der Waals surface area contributed by atoms with Gasteiger partial charge in [0.2, 0.25) is 5.91 Å². The molecular formula is C21H20N4O2S. The van der Waals surface area contributed by atoms with Gasteiger partial charge in [-0.25, -0.2) is 0 Å². The zero-order chi connectivity index (χ0) is 19.5. The van der Waals surface area contributed by atoms with Crippen molar-refractivity contribution in [1.82, 2.24) is 20.1 Å². The molecular weight excluding hydrogens is 372 g/mol. The highest BCUT2D eigenvalue weighted by Crippen LogP contribution is 2.25. The smallest absolute Gasteiger partial charge is 0.230 e. The fourth-order valence-electron chi connectivity index (χ4n) is 3.18. The molecule has 2 heterocycles. The van der Waals surface area contributed by atoms with E-state index in [4.69, 9.17) is 4.42 Å². The number of fused-ring (bicyclic) bond motifs is 1. The second-order valence-electron chi connectivity index (χ2n) is 6.49. The molecule has 0 saturated carbocycles. The molecule has 0 unspecified atom stereocenters. The largest absolute Gasteiger partial charge is 0.461 e. The van der Waals surface area contributed by atoms with Crippen molar-refractivity contribution in [2.75, 3.05) is 5.75 Å². The lowest BCUT2D eigenvalue weighted by Crippen LogP contribution is -2.28. The Balaban J connectivity index is 1.41. The van der Waals surface area contributed by atoms with Crippen LogP contribution >= 0.6 is 11.8 Å². The molecule has 1 atom stereocenters. The van der Waals surface area contributed by atoms with E-state index in [2.05, 4.69) is 39.8 Å². The molecule has 1 N–H and O–H groups in total. The molecule has 0 aliphatic rings. The predicted molar refractivity (Wildman–Crippen MR) is 110 cm³/mol. The van der Waals surface area contributed by atoms with E-state index < -0.39 is 0 Å². The van der Waals surface area contributed by atoms with Gasteiger partial charge in [-0.3, -0.25) is 4.79 Å². The highest BCUT2D eigenvalue weighted by atomic mass is 32.2. The van der Waals surface area contributed by atoms with Gasteiger partial charge < -0.3 is 14.3 Å². The summed E-state index contributed by atoms with van der Waals surface area (Å²) in [6, 6.07) is 17.9. The highest BCUT2D eigenvalue weighted by molar-refractivity contribution is 7.99. The number of amides is 1. The maximum absolute atomic E-state index is 12.5. The first-order chi connectivity index (χ1) is 13.6. The molecule has 28 heavy (non-hydrogen) atoms. The van der Waals surface area contributed by atoms with E-state index in [0.29, 0.717) is 16.7 Å². The van der Waals surface area contributed by atoms with Gasteiger partial charge in [0.1, 0.15) is 0 Å². The van der Waals surface area contributed by atoms with Crippen LogP contribution in [-0.4, -0.2) is 26.4 Å². The third kappa shape index (κ3) is 3.66. The molecule has 6 nitrogen and oxygen atoms in total. The minimum absolute atomic E-state index is 0.0482. The number of furan rings is 1. The molecule has 4 aromatic rings. The van der Waals surface area contributed by atoms with Crippen LogP contribution in [0, 0.1) is 0 Å². The maximum atomic E-state index is 12.5. The first-order valence-electron chi connectivity index (χ1n) is 8.96. The highest BCUT2D eigenvalue weighted by Gasteiger charge is 2.16. The van der Waals surface area contributed by atoms with Crippen molar-refractivity contribution in [3.63, 3.8) is 0 Å². The number of nitrogens with zero attached hydrogens (tertiary/aromatic N) is 3. The van der Waals surface area contributed by atoms with Gasteiger partial charge in [0.15, 0.2) is 16.7 Å². The summed E-state index contributed by atoms with van der Waals surface area (Å²) >= 11 is 1.35. The minimum Gasteiger partial charge on any atom is -0.461 e. The number of carbonyl (C=O) groups excluding carboxylic acids is 1. The molecule has 7 heteroatoms. The number of rotatable bonds is 6. The van der Waals surface area contributed by atoms with Gasteiger partial charge in [-0.1, -0.05) is 54.2 Å². The first-order valence-corrected chi connectivity index (χ1v) is 9.95. The van der Waals surface area contributed by atoms with Gasteiger partial charge in [-0.15, -0.1) is 10.2 Å². The SMILES string of the molecule is C[C@H](NC(=O)CSc1nnc(-c2ccco2)n1C)c1cccc2ccccc12. The molecule has 0 bridgehead atoms. The first kappa shape index (κ1) is 18.3. The molecule has 0 aliphatic carbocycles. The van der Waals surface area contributed by atoms with Crippen molar-refractivity contribution in [2.45, 2.75) is 18.1 Å². The van der Waals surface area contributed by atoms with Crippen LogP contribution in [0.3, 0.4) is 0 Å². The van der Waals surface area contributed by atoms with Crippen molar-refractivity contribution >= 4 is 28.4 Å². The lowest BCUT2D eigenvalue weighted by molar-refractivity contribution is -0.119. The van der Waals surface area contributed by atoms with Crippen molar-refractivity contribution < 1.29 is 9.21 Å². The standard InChI is InChI=1S/C21H20N4O2S/c1-14(16-10-5-8-15-7-3-4-9-17(15)16)22-19(26)13-28-21-24-23-20(25(21)2)18-11-6-12-27-18/h3-12,14H,13H2,1-2H3,(H,22,26)/t14-/m0/s1. The summed E-state index contributed by atoms with van der Waals surface area (Å²) in [6.45, 7) is 2.00. The van der Waals surface area contributed by atoms with Crippen LogP contribution in [0.15, 0.2) is 70.4 Å². The number of carbonyl (C=O) groups is 1. The quantitative estimate of drug-likeness (QED) is 0.498. The molecule has 2 aromatic heterocycles. The average molecular weight is 392 g/mol. The molecule has 4 rings (SSSR count). The second-order valence-corrected chi connectivity index (χ2v) is 7.43. The minimum atomic E-state index is -0.0858. The summed E-state index contributed by atoms with van der Waals surface area (Å²) in [4.78, 5) is 12.5. The third-order valence-electron chi connectivity index (χ3n) is 4.58. The van der Waals surface area contributed by atoms with E-state index >= 15 is 0 Å². The number of nitrogens with one attached hydrogen (secondary N) is 1. The predicted octanol–water partition coefficient (Wildman–Crippen LogP) is 4.20. The number of hydrogen-bond acceptors (Lipinski definition) is 5. The van der Waals surface area contributed by atoms with Gasteiger partial charge >= 0.3 is 0 Å². The monoisotopic (exact) mass is 392 g/mol. The molecule has 0 fully saturated rings. The zero-order valence-electron chi connectivity index (χ0n) is 15.6. The van der Waals surface area contributed by atoms with Crippen LogP contribution in [-0.2, 0) is 11.8 Å². The normalized spacial score (nSPS) is 12.2. The van der Waals surface area contributed by atoms with E-state index in [1.165, 1.54) is 17.1 Å². The van der Waals surface area contributed by atoms with Gasteiger partial charge in [0, 0.05) is 7.05 Å². The van der Waals surface area contributed by atoms with Gasteiger partial charge in [0.25, 0.3) is 0 Å². The summed E-state index contributed by atoms with van der Waals surface area (Å²) in [7, 11) is 1.86. The molecule has 0 saturated heterocycles. The summed E-state index contributed by atoms with van der Waals surface area (Å²) in [5.41, 5.74) is 1.11. The Morgan fingerprint density at radius 2 is 1.96 bits per heavy atom. The van der Waals surface area contributed by atoms with Gasteiger partial charge in [-0.2, -0.15) is 0 Å². The lowest BCUT2D eigenvalue weighted by atomic mass is 10.00. The maximum Gasteiger partial charge on any atom is 0.230 e. The molecule has 1 amide bonds. The second kappa shape index (κ2) is 7.90. The summed E-state index contributed by atoms with van der Waals surface area (Å²) in [5.74, 6) is 1.50. The summed E-state index contributed by atoms with van der Waals surface area (Å²) in [6.07, 6.45) is 1.60. The number of thioether (sulfide) groups is 1. The fraction of sp³-hybridized carbons (Fsp3) is 0.190. The lowest BCUT2D eigenvalue weighted by Gasteiger charge is -2.16. The number of hydrogen-bond donors (Lipinski definition) is 1. The Labute approximate surface area is 167 Å². The summed E-state index contributed by atoms with van der Waals surface area (Å²) < 4.78 is 7.19. The van der Waals surface area contributed by atoms with Crippen molar-refractivity contribution in [1.29, 1.82) is 0 Å². The van der Waals surface area contributed by atoms with Crippen molar-refractivity contribution in [2.24, 2.45) is 7.05 Å². The molecule has 0 spiro atoms. The fourth-order valence-corrected chi connectivity index (χ4v) is 3.90. The van der Waals surface area contributed by atoms with E-state index in [1.54, 1.807) is 12.3 Å². The molecule has 0 aliphatic heterocycles. The Morgan fingerprint density at radius 1 is 1.14 bits per heavy atom. The topological polar surface area (TPSA) is 73.0 Å². The van der Waals surface area contributed by atoms with Gasteiger partial charge in [-0.05, 0) is 35.4 Å². The third-order valence-corrected chi connectivity index (χ3v) is 5.60. The van der Waals surface area contributed by atoms with E-state index in [1.807, 2.05) is 42.8 Å². The van der Waals surface area contributed by atoms with Crippen LogP contribution in [0.5, 0.6) is 0 Å². The Kier molecular flexibility index (Phi) is 5.16. The zero-order valence-corrected chi connectivity index (χ0v) is 16.4. The van der Waals surface area contributed by atoms with Crippen LogP contribution in [0.2, 0.25) is 0 Å². The number of benzene rings is 2. The van der Waals surface area contributed by atoms with E-state index in [-0.39, 0.29) is 17.7 Å². The number of aromatic nitrogens is 3. The van der Waals surface area contributed by atoms with Crippen LogP contribution in [0.25, 0.3) is 22.4 Å². The van der Waals surface area contributed by atoms with Crippen LogP contribution in [0.1, 0.15) is 18.5 Å². The molecule has 2 aromatic carbocycles. The van der Waals surface area contributed by atoms with E-state index in [9.17, 15) is 4.79 Å². The Hall–Kier alpha value is -3.06. The van der Waals surface area contributed by atoms with Crippen LogP contribution < -0.4 is 5.32 Å². The summed E-state index contributed by atoms with van der Waals surface area (Å²) in [5, 5.41) is 14.4. The molecule has 0 radical (unpaired) electrons. The van der Waals surface area contributed by atoms with Crippen LogP contribution in [0.4, 0.5) is 0 Å². The van der Waals surface area contributed by atoms with E-state index in [0.717, 1.165) is 10.9 Å². The Bertz CT molecular complexity index is 1100. The molecule has 142 valence electrons. The van der Waals surface area contributed by atoms with Crippen molar-refractivity contribution in [3.8, 4) is 11.6 Å². The average Bonchev–Trinajstić information content (AvgIpc) is 3.35. The Morgan fingerprint density at radius 3 is 2.79 bits per heavy atom.